The molecular formula is C23H18FN5O2. The molecule has 31 heavy (non-hydrogen) atoms. The quantitative estimate of drug-likeness (QED) is 0.541. The largest absolute Gasteiger partial charge is 0.487 e. The average Bonchev–Trinajstić information content (AvgIpc) is 3.47. The third-order valence-electron chi connectivity index (χ3n) is 5.08. The van der Waals surface area contributed by atoms with Gasteiger partial charge in [0.15, 0.2) is 5.82 Å². The van der Waals surface area contributed by atoms with Crippen molar-refractivity contribution < 1.29 is 13.9 Å². The number of hydrogen-bond donors (Lipinski definition) is 1. The van der Waals surface area contributed by atoms with E-state index in [2.05, 4.69) is 20.4 Å². The van der Waals surface area contributed by atoms with Crippen LogP contribution in [0.2, 0.25) is 0 Å². The van der Waals surface area contributed by atoms with Gasteiger partial charge in [-0.2, -0.15) is 5.10 Å². The minimum atomic E-state index is -0.387. The molecule has 0 spiro atoms. The number of amides is 1. The van der Waals surface area contributed by atoms with Crippen LogP contribution in [0.15, 0.2) is 73.3 Å². The summed E-state index contributed by atoms with van der Waals surface area (Å²) in [6, 6.07) is 14.3. The van der Waals surface area contributed by atoms with Crippen molar-refractivity contribution in [1.82, 2.24) is 25.1 Å². The van der Waals surface area contributed by atoms with Gasteiger partial charge in [-0.15, -0.1) is 0 Å². The van der Waals surface area contributed by atoms with Crippen LogP contribution >= 0.6 is 0 Å². The number of para-hydroxylation sites is 1. The van der Waals surface area contributed by atoms with E-state index in [0.29, 0.717) is 34.7 Å². The van der Waals surface area contributed by atoms with Gasteiger partial charge in [-0.3, -0.25) is 4.79 Å². The molecule has 5 rings (SSSR count). The summed E-state index contributed by atoms with van der Waals surface area (Å²) >= 11 is 0. The van der Waals surface area contributed by atoms with Crippen molar-refractivity contribution in [2.75, 3.05) is 6.54 Å². The normalized spacial score (nSPS) is 14.7. The highest BCUT2D eigenvalue weighted by atomic mass is 19.1. The molecule has 1 amide bonds. The molecule has 0 bridgehead atoms. The van der Waals surface area contributed by atoms with E-state index in [1.165, 1.54) is 12.3 Å². The maximum atomic E-state index is 14.4. The summed E-state index contributed by atoms with van der Waals surface area (Å²) < 4.78 is 22.0. The molecule has 0 aliphatic carbocycles. The first-order chi connectivity index (χ1) is 15.2. The number of aromatic nitrogens is 4. The fraction of sp³-hybridized carbons (Fsp3) is 0.130. The number of carbonyl (C=O) groups is 1. The first kappa shape index (κ1) is 18.9. The molecule has 1 unspecified atom stereocenters. The molecule has 2 aromatic heterocycles. The van der Waals surface area contributed by atoms with Crippen molar-refractivity contribution >= 4 is 5.91 Å². The average molecular weight is 415 g/mol. The zero-order chi connectivity index (χ0) is 21.2. The lowest BCUT2D eigenvalue weighted by molar-refractivity contribution is 0.0933. The van der Waals surface area contributed by atoms with E-state index in [1.54, 1.807) is 35.4 Å². The van der Waals surface area contributed by atoms with Gasteiger partial charge in [0, 0.05) is 30.6 Å². The molecule has 7 nitrogen and oxygen atoms in total. The van der Waals surface area contributed by atoms with Crippen molar-refractivity contribution in [3.8, 4) is 22.8 Å². The summed E-state index contributed by atoms with van der Waals surface area (Å²) in [4.78, 5) is 21.0. The van der Waals surface area contributed by atoms with E-state index < -0.39 is 0 Å². The molecule has 0 radical (unpaired) electrons. The third kappa shape index (κ3) is 3.75. The molecule has 0 saturated carbocycles. The van der Waals surface area contributed by atoms with Crippen molar-refractivity contribution in [1.29, 1.82) is 0 Å². The van der Waals surface area contributed by atoms with Crippen LogP contribution in [0.3, 0.4) is 0 Å². The van der Waals surface area contributed by atoms with Gasteiger partial charge >= 0.3 is 0 Å². The van der Waals surface area contributed by atoms with Gasteiger partial charge < -0.3 is 10.1 Å². The lowest BCUT2D eigenvalue weighted by atomic mass is 10.0. The smallest absolute Gasteiger partial charge is 0.254 e. The van der Waals surface area contributed by atoms with Gasteiger partial charge in [-0.1, -0.05) is 18.2 Å². The van der Waals surface area contributed by atoms with E-state index in [0.717, 1.165) is 5.69 Å². The van der Waals surface area contributed by atoms with Gasteiger partial charge in [0.2, 0.25) is 0 Å². The summed E-state index contributed by atoms with van der Waals surface area (Å²) in [5.74, 6) is 0.292. The summed E-state index contributed by atoms with van der Waals surface area (Å²) in [5.41, 5.74) is 2.40. The number of hydrogen-bond acceptors (Lipinski definition) is 5. The molecule has 154 valence electrons. The zero-order valence-electron chi connectivity index (χ0n) is 16.4. The Balaban J connectivity index is 1.27. The van der Waals surface area contributed by atoms with Crippen LogP contribution in [0.25, 0.3) is 17.1 Å². The number of benzene rings is 2. The number of nitrogens with zero attached hydrogens (tertiary/aromatic N) is 4. The maximum Gasteiger partial charge on any atom is 0.254 e. The minimum Gasteiger partial charge on any atom is -0.487 e. The van der Waals surface area contributed by atoms with Crippen molar-refractivity contribution in [3.05, 3.63) is 90.3 Å². The molecule has 3 heterocycles. The Morgan fingerprint density at radius 3 is 2.74 bits per heavy atom. The van der Waals surface area contributed by atoms with Gasteiger partial charge in [-0.05, 0) is 30.3 Å². The number of fused-ring (bicyclic) bond motifs is 1. The summed E-state index contributed by atoms with van der Waals surface area (Å²) in [7, 11) is 0. The number of nitrogens with one attached hydrogen (secondary N) is 1. The Hall–Kier alpha value is -4.07. The van der Waals surface area contributed by atoms with Crippen LogP contribution in [-0.4, -0.2) is 38.3 Å². The Morgan fingerprint density at radius 1 is 1.13 bits per heavy atom. The SMILES string of the molecule is O=C(NCC1Cc2c(F)ccc(-c3ncccn3)c2O1)c1cnn(-c2ccccc2)c1. The van der Waals surface area contributed by atoms with Crippen LogP contribution in [0, 0.1) is 5.82 Å². The highest BCUT2D eigenvalue weighted by molar-refractivity contribution is 5.93. The van der Waals surface area contributed by atoms with E-state index in [-0.39, 0.29) is 24.4 Å². The molecule has 8 heteroatoms. The number of ether oxygens (including phenoxy) is 1. The highest BCUT2D eigenvalue weighted by Gasteiger charge is 2.30. The van der Waals surface area contributed by atoms with Gasteiger partial charge in [0.25, 0.3) is 5.91 Å². The first-order valence-corrected chi connectivity index (χ1v) is 9.83. The van der Waals surface area contributed by atoms with Crippen molar-refractivity contribution in [2.24, 2.45) is 0 Å². The predicted octanol–water partition coefficient (Wildman–Crippen LogP) is 3.20. The van der Waals surface area contributed by atoms with Crippen molar-refractivity contribution in [2.45, 2.75) is 12.5 Å². The number of carbonyl (C=O) groups excluding carboxylic acids is 1. The second kappa shape index (κ2) is 7.98. The monoisotopic (exact) mass is 415 g/mol. The molecule has 1 N–H and O–H groups in total. The summed E-state index contributed by atoms with van der Waals surface area (Å²) in [5, 5.41) is 7.09. The van der Waals surface area contributed by atoms with E-state index in [4.69, 9.17) is 4.74 Å². The van der Waals surface area contributed by atoms with Gasteiger partial charge in [-0.25, -0.2) is 19.0 Å². The Bertz CT molecular complexity index is 1230. The van der Waals surface area contributed by atoms with Crippen LogP contribution in [0.5, 0.6) is 5.75 Å². The van der Waals surface area contributed by atoms with Crippen LogP contribution in [0.4, 0.5) is 4.39 Å². The van der Waals surface area contributed by atoms with Crippen molar-refractivity contribution in [3.63, 3.8) is 0 Å². The molecule has 1 aliphatic heterocycles. The molecule has 0 fully saturated rings. The fourth-order valence-electron chi connectivity index (χ4n) is 3.56. The number of rotatable bonds is 5. The molecule has 2 aromatic carbocycles. The Morgan fingerprint density at radius 2 is 1.94 bits per heavy atom. The van der Waals surface area contributed by atoms with E-state index >= 15 is 0 Å². The maximum absolute atomic E-state index is 14.4. The topological polar surface area (TPSA) is 81.9 Å². The summed E-state index contributed by atoms with van der Waals surface area (Å²) in [6.45, 7) is 0.235. The molecule has 1 atom stereocenters. The Kier molecular flexibility index (Phi) is 4.87. The zero-order valence-corrected chi connectivity index (χ0v) is 16.4. The van der Waals surface area contributed by atoms with Gasteiger partial charge in [0.1, 0.15) is 17.7 Å². The number of halogens is 1. The van der Waals surface area contributed by atoms with Gasteiger partial charge in [0.05, 0.1) is 29.6 Å². The van der Waals surface area contributed by atoms with E-state index in [1.807, 2.05) is 30.3 Å². The molecule has 1 aliphatic rings. The first-order valence-electron chi connectivity index (χ1n) is 9.83. The lowest BCUT2D eigenvalue weighted by Crippen LogP contribution is -2.34. The third-order valence-corrected chi connectivity index (χ3v) is 5.08. The second-order valence-corrected chi connectivity index (χ2v) is 7.14. The fourth-order valence-corrected chi connectivity index (χ4v) is 3.56. The van der Waals surface area contributed by atoms with Crippen LogP contribution in [-0.2, 0) is 6.42 Å². The predicted molar refractivity (Wildman–Crippen MR) is 111 cm³/mol. The second-order valence-electron chi connectivity index (χ2n) is 7.14. The van der Waals surface area contributed by atoms with Crippen LogP contribution in [0.1, 0.15) is 15.9 Å². The lowest BCUT2D eigenvalue weighted by Gasteiger charge is -2.12. The molecule has 4 aromatic rings. The molecular weight excluding hydrogens is 397 g/mol. The standard InChI is InChI=1S/C23H18FN5O2/c24-20-8-7-18(22-25-9-4-10-26-22)21-19(20)11-17(31-21)13-27-23(30)15-12-28-29(14-15)16-5-2-1-3-6-16/h1-10,12,14,17H,11,13H2,(H,27,30). The van der Waals surface area contributed by atoms with E-state index in [9.17, 15) is 9.18 Å². The Labute approximate surface area is 177 Å². The highest BCUT2D eigenvalue weighted by Crippen LogP contribution is 2.38. The van der Waals surface area contributed by atoms with Crippen LogP contribution < -0.4 is 10.1 Å². The summed E-state index contributed by atoms with van der Waals surface area (Å²) in [6.07, 6.45) is 6.39. The molecule has 0 saturated heterocycles. The minimum absolute atomic E-state index is 0.235.